The van der Waals surface area contributed by atoms with Crippen molar-refractivity contribution < 1.29 is 19.4 Å². The highest BCUT2D eigenvalue weighted by Gasteiger charge is 2.01. The van der Waals surface area contributed by atoms with Crippen LogP contribution in [0.3, 0.4) is 0 Å². The molecule has 0 fully saturated rings. The first-order valence-corrected chi connectivity index (χ1v) is 6.99. The third-order valence-electron chi connectivity index (χ3n) is 2.84. The van der Waals surface area contributed by atoms with Crippen LogP contribution in [0.2, 0.25) is 0 Å². The minimum absolute atomic E-state index is 0.0969. The molecule has 4 heteroatoms. The molecule has 0 aromatic carbocycles. The van der Waals surface area contributed by atoms with E-state index in [1.807, 2.05) is 6.92 Å². The van der Waals surface area contributed by atoms with Crippen LogP contribution >= 0.6 is 0 Å². The lowest BCUT2D eigenvalue weighted by molar-refractivity contribution is -0.143. The number of unbranched alkanes of at least 4 members (excludes halogenated alkanes) is 6. The van der Waals surface area contributed by atoms with Crippen molar-refractivity contribution >= 4 is 12.3 Å². The lowest BCUT2D eigenvalue weighted by Gasteiger charge is -2.04. The van der Waals surface area contributed by atoms with Crippen molar-refractivity contribution in [3.05, 3.63) is 0 Å². The third-order valence-corrected chi connectivity index (χ3v) is 2.84. The molecular formula is C14H26O4. The predicted octanol–water partition coefficient (Wildman–Crippen LogP) is 2.62. The van der Waals surface area contributed by atoms with E-state index >= 15 is 0 Å². The molecule has 0 rings (SSSR count). The molecule has 18 heavy (non-hydrogen) atoms. The summed E-state index contributed by atoms with van der Waals surface area (Å²) in [6.07, 6.45) is 8.26. The maximum Gasteiger partial charge on any atom is 0.305 e. The van der Waals surface area contributed by atoms with E-state index in [4.69, 9.17) is 9.84 Å². The topological polar surface area (TPSA) is 63.6 Å². The molecule has 0 spiro atoms. The Morgan fingerprint density at radius 1 is 1.11 bits per heavy atom. The van der Waals surface area contributed by atoms with Gasteiger partial charge in [0.1, 0.15) is 12.4 Å². The summed E-state index contributed by atoms with van der Waals surface area (Å²) >= 11 is 0. The molecule has 0 heterocycles. The van der Waals surface area contributed by atoms with Crippen LogP contribution in [0.4, 0.5) is 0 Å². The number of ether oxygens (including phenoxy) is 1. The summed E-state index contributed by atoms with van der Waals surface area (Å²) in [4.78, 5) is 21.2. The largest absolute Gasteiger partial charge is 0.466 e. The molecule has 0 aliphatic heterocycles. The zero-order valence-electron chi connectivity index (χ0n) is 11.4. The van der Waals surface area contributed by atoms with Crippen molar-refractivity contribution in [2.75, 3.05) is 6.61 Å². The molecular weight excluding hydrogens is 232 g/mol. The average Bonchev–Trinajstić information content (AvgIpc) is 2.36. The van der Waals surface area contributed by atoms with Gasteiger partial charge < -0.3 is 14.6 Å². The number of esters is 1. The first-order valence-electron chi connectivity index (χ1n) is 6.99. The number of rotatable bonds is 12. The molecule has 1 atom stereocenters. The zero-order chi connectivity index (χ0) is 13.6. The Morgan fingerprint density at radius 2 is 1.67 bits per heavy atom. The van der Waals surface area contributed by atoms with Crippen LogP contribution in [0.15, 0.2) is 0 Å². The lowest BCUT2D eigenvalue weighted by Crippen LogP contribution is -2.06. The Balaban J connectivity index is 3.12. The SMILES string of the molecule is CCOC(=O)CCCCCCCCCC(O)C=O. The zero-order valence-corrected chi connectivity index (χ0v) is 11.4. The van der Waals surface area contributed by atoms with Gasteiger partial charge in [-0.25, -0.2) is 0 Å². The second kappa shape index (κ2) is 12.6. The number of carbonyl (C=O) groups excluding carboxylic acids is 2. The molecule has 0 radical (unpaired) electrons. The number of hydrogen-bond donors (Lipinski definition) is 1. The second-order valence-corrected chi connectivity index (χ2v) is 4.52. The summed E-state index contributed by atoms with van der Waals surface area (Å²) in [5.41, 5.74) is 0. The highest BCUT2D eigenvalue weighted by Crippen LogP contribution is 2.10. The maximum atomic E-state index is 11.0. The maximum absolute atomic E-state index is 11.0. The van der Waals surface area contributed by atoms with E-state index in [1.165, 1.54) is 0 Å². The van der Waals surface area contributed by atoms with E-state index in [2.05, 4.69) is 0 Å². The Morgan fingerprint density at radius 3 is 2.22 bits per heavy atom. The van der Waals surface area contributed by atoms with Crippen LogP contribution < -0.4 is 0 Å². The smallest absolute Gasteiger partial charge is 0.305 e. The van der Waals surface area contributed by atoms with Crippen molar-refractivity contribution in [2.24, 2.45) is 0 Å². The summed E-state index contributed by atoms with van der Waals surface area (Å²) in [5.74, 6) is -0.0969. The van der Waals surface area contributed by atoms with Gasteiger partial charge in [0.25, 0.3) is 0 Å². The molecule has 4 nitrogen and oxygen atoms in total. The van der Waals surface area contributed by atoms with E-state index in [1.54, 1.807) is 0 Å². The summed E-state index contributed by atoms with van der Waals surface area (Å²) in [5, 5.41) is 9.01. The van der Waals surface area contributed by atoms with Gasteiger partial charge in [0.15, 0.2) is 0 Å². The summed E-state index contributed by atoms with van der Waals surface area (Å²) in [6.45, 7) is 2.28. The number of aldehydes is 1. The molecule has 1 unspecified atom stereocenters. The van der Waals surface area contributed by atoms with E-state index in [0.717, 1.165) is 44.9 Å². The van der Waals surface area contributed by atoms with Crippen molar-refractivity contribution in [3.8, 4) is 0 Å². The van der Waals surface area contributed by atoms with Gasteiger partial charge in [0.2, 0.25) is 0 Å². The van der Waals surface area contributed by atoms with Gasteiger partial charge in [0, 0.05) is 6.42 Å². The van der Waals surface area contributed by atoms with E-state index in [9.17, 15) is 9.59 Å². The summed E-state index contributed by atoms with van der Waals surface area (Å²) in [7, 11) is 0. The molecule has 0 amide bonds. The number of aliphatic hydroxyl groups excluding tert-OH is 1. The summed E-state index contributed by atoms with van der Waals surface area (Å²) in [6, 6.07) is 0. The highest BCUT2D eigenvalue weighted by molar-refractivity contribution is 5.69. The van der Waals surface area contributed by atoms with Crippen molar-refractivity contribution in [3.63, 3.8) is 0 Å². The van der Waals surface area contributed by atoms with E-state index in [-0.39, 0.29) is 5.97 Å². The predicted molar refractivity (Wildman–Crippen MR) is 70.3 cm³/mol. The van der Waals surface area contributed by atoms with Gasteiger partial charge in [-0.2, -0.15) is 0 Å². The third kappa shape index (κ3) is 11.6. The molecule has 0 saturated carbocycles. The molecule has 106 valence electrons. The Labute approximate surface area is 110 Å². The van der Waals surface area contributed by atoms with Crippen molar-refractivity contribution in [1.82, 2.24) is 0 Å². The fourth-order valence-electron chi connectivity index (χ4n) is 1.81. The van der Waals surface area contributed by atoms with E-state index < -0.39 is 6.10 Å². The first kappa shape index (κ1) is 17.1. The lowest BCUT2D eigenvalue weighted by atomic mass is 10.1. The van der Waals surface area contributed by atoms with E-state index in [0.29, 0.717) is 25.7 Å². The summed E-state index contributed by atoms with van der Waals surface area (Å²) < 4.78 is 4.84. The molecule has 0 aliphatic rings. The minimum Gasteiger partial charge on any atom is -0.466 e. The number of aliphatic hydroxyl groups is 1. The standard InChI is InChI=1S/C14H26O4/c1-2-18-14(17)11-9-7-5-3-4-6-8-10-13(16)12-15/h12-13,16H,2-11H2,1H3. The van der Waals surface area contributed by atoms with Crippen LogP contribution in [0.25, 0.3) is 0 Å². The molecule has 0 saturated heterocycles. The Hall–Kier alpha value is -0.900. The van der Waals surface area contributed by atoms with Gasteiger partial charge >= 0.3 is 5.97 Å². The molecule has 0 aromatic heterocycles. The Kier molecular flexibility index (Phi) is 11.9. The van der Waals surface area contributed by atoms with Crippen LogP contribution in [-0.2, 0) is 14.3 Å². The Bertz CT molecular complexity index is 216. The molecule has 0 bridgehead atoms. The van der Waals surface area contributed by atoms with Crippen LogP contribution in [0.5, 0.6) is 0 Å². The van der Waals surface area contributed by atoms with Gasteiger partial charge in [-0.15, -0.1) is 0 Å². The average molecular weight is 258 g/mol. The van der Waals surface area contributed by atoms with Gasteiger partial charge in [-0.3, -0.25) is 4.79 Å². The van der Waals surface area contributed by atoms with Gasteiger partial charge in [-0.05, 0) is 19.8 Å². The fourth-order valence-corrected chi connectivity index (χ4v) is 1.81. The number of carbonyl (C=O) groups is 2. The fraction of sp³-hybridized carbons (Fsp3) is 0.857. The molecule has 0 aliphatic carbocycles. The number of hydrogen-bond acceptors (Lipinski definition) is 4. The van der Waals surface area contributed by atoms with Crippen LogP contribution in [-0.4, -0.2) is 30.1 Å². The van der Waals surface area contributed by atoms with Crippen molar-refractivity contribution in [1.29, 1.82) is 0 Å². The second-order valence-electron chi connectivity index (χ2n) is 4.52. The molecule has 0 aromatic rings. The monoisotopic (exact) mass is 258 g/mol. The molecule has 1 N–H and O–H groups in total. The van der Waals surface area contributed by atoms with Crippen LogP contribution in [0.1, 0.15) is 64.7 Å². The normalized spacial score (nSPS) is 12.1. The quantitative estimate of drug-likeness (QED) is 0.332. The van der Waals surface area contributed by atoms with Gasteiger partial charge in [0.05, 0.1) is 6.61 Å². The minimum atomic E-state index is -0.783. The van der Waals surface area contributed by atoms with Crippen molar-refractivity contribution in [2.45, 2.75) is 70.8 Å². The highest BCUT2D eigenvalue weighted by atomic mass is 16.5. The van der Waals surface area contributed by atoms with Crippen LogP contribution in [0, 0.1) is 0 Å². The van der Waals surface area contributed by atoms with Gasteiger partial charge in [-0.1, -0.05) is 38.5 Å². The first-order chi connectivity index (χ1) is 8.70.